The molecule has 2 amide bonds. The molecule has 3 N–H and O–H groups in total. The maximum atomic E-state index is 12.4. The zero-order chi connectivity index (χ0) is 20.7. The van der Waals surface area contributed by atoms with Gasteiger partial charge in [-0.2, -0.15) is 0 Å². The van der Waals surface area contributed by atoms with Crippen LogP contribution in [0.4, 0.5) is 0 Å². The van der Waals surface area contributed by atoms with E-state index in [0.717, 1.165) is 16.9 Å². The van der Waals surface area contributed by atoms with E-state index in [4.69, 9.17) is 31.5 Å². The van der Waals surface area contributed by atoms with Crippen molar-refractivity contribution in [1.29, 1.82) is 0 Å². The van der Waals surface area contributed by atoms with Crippen LogP contribution < -0.4 is 25.3 Å². The van der Waals surface area contributed by atoms with Crippen LogP contribution in [0.1, 0.15) is 21.5 Å². The number of primary amides is 1. The molecular weight excluding hydrogens is 384 g/mol. The molecule has 0 fully saturated rings. The van der Waals surface area contributed by atoms with Gasteiger partial charge >= 0.3 is 0 Å². The number of carbonyl (C=O) groups is 2. The zero-order valence-corrected chi connectivity index (χ0v) is 16.8. The Hall–Kier alpha value is -2.93. The number of aryl methyl sites for hydroxylation is 2. The number of hydrogen-bond acceptors (Lipinski definition) is 5. The average Bonchev–Trinajstić information content (AvgIpc) is 2.65. The minimum absolute atomic E-state index is 0.137. The molecule has 2 aromatic carbocycles. The van der Waals surface area contributed by atoms with Gasteiger partial charge in [-0.25, -0.2) is 0 Å². The Morgan fingerprint density at radius 2 is 1.79 bits per heavy atom. The van der Waals surface area contributed by atoms with E-state index >= 15 is 0 Å². The molecule has 150 valence electrons. The molecular formula is C20H23ClN2O5. The third-order valence-corrected chi connectivity index (χ3v) is 4.17. The summed E-state index contributed by atoms with van der Waals surface area (Å²) in [6, 6.07) is 8.81. The van der Waals surface area contributed by atoms with E-state index in [0.29, 0.717) is 18.7 Å². The summed E-state index contributed by atoms with van der Waals surface area (Å²) in [4.78, 5) is 23.3. The zero-order valence-electron chi connectivity index (χ0n) is 16.0. The van der Waals surface area contributed by atoms with Crippen LogP contribution >= 0.6 is 11.6 Å². The number of para-hydroxylation sites is 1. The number of halogens is 1. The van der Waals surface area contributed by atoms with Crippen molar-refractivity contribution in [3.63, 3.8) is 0 Å². The predicted molar refractivity (Wildman–Crippen MR) is 106 cm³/mol. The van der Waals surface area contributed by atoms with Crippen LogP contribution in [0.5, 0.6) is 17.2 Å². The Labute approximate surface area is 168 Å². The summed E-state index contributed by atoms with van der Waals surface area (Å²) in [6.07, 6.45) is 0. The molecule has 0 heterocycles. The molecule has 0 bridgehead atoms. The number of benzene rings is 2. The van der Waals surface area contributed by atoms with Crippen LogP contribution in [0.2, 0.25) is 5.02 Å². The second-order valence-corrected chi connectivity index (χ2v) is 6.48. The molecule has 0 saturated carbocycles. The van der Waals surface area contributed by atoms with Gasteiger partial charge in [0.1, 0.15) is 12.4 Å². The lowest BCUT2D eigenvalue weighted by Gasteiger charge is -2.14. The van der Waals surface area contributed by atoms with Gasteiger partial charge in [-0.05, 0) is 37.1 Å². The van der Waals surface area contributed by atoms with E-state index in [-0.39, 0.29) is 29.0 Å². The fourth-order valence-electron chi connectivity index (χ4n) is 2.58. The van der Waals surface area contributed by atoms with E-state index in [1.54, 1.807) is 0 Å². The fraction of sp³-hybridized carbons (Fsp3) is 0.300. The van der Waals surface area contributed by atoms with Gasteiger partial charge in [-0.15, -0.1) is 0 Å². The average molecular weight is 407 g/mol. The highest BCUT2D eigenvalue weighted by Gasteiger charge is 2.16. The second kappa shape index (κ2) is 9.85. The Bertz CT molecular complexity index is 850. The normalized spacial score (nSPS) is 10.3. The highest BCUT2D eigenvalue weighted by atomic mass is 35.5. The summed E-state index contributed by atoms with van der Waals surface area (Å²) in [6.45, 7) is 4.22. The number of amides is 2. The van der Waals surface area contributed by atoms with Gasteiger partial charge in [0.2, 0.25) is 0 Å². The molecule has 0 aliphatic rings. The standard InChI is InChI=1S/C20H23ClN2O5/c1-12-5-4-6-13(2)18(12)27-8-7-23-20(25)14-9-15(21)19(16(10-14)26-3)28-11-17(22)24/h4-6,9-10H,7-8,11H2,1-3H3,(H2,22,24)(H,23,25). The van der Waals surface area contributed by atoms with Crippen molar-refractivity contribution < 1.29 is 23.8 Å². The Morgan fingerprint density at radius 1 is 1.11 bits per heavy atom. The Kier molecular flexibility index (Phi) is 7.52. The number of carbonyl (C=O) groups excluding carboxylic acids is 2. The maximum Gasteiger partial charge on any atom is 0.255 e. The molecule has 0 radical (unpaired) electrons. The Balaban J connectivity index is 1.98. The lowest BCUT2D eigenvalue weighted by Crippen LogP contribution is -2.28. The van der Waals surface area contributed by atoms with Gasteiger partial charge in [-0.1, -0.05) is 29.8 Å². The van der Waals surface area contributed by atoms with E-state index in [2.05, 4.69) is 5.32 Å². The van der Waals surface area contributed by atoms with Crippen molar-refractivity contribution in [3.05, 3.63) is 52.0 Å². The number of rotatable bonds is 9. The van der Waals surface area contributed by atoms with Crippen LogP contribution in [0.15, 0.2) is 30.3 Å². The molecule has 0 aromatic heterocycles. The number of ether oxygens (including phenoxy) is 3. The molecule has 8 heteroatoms. The van der Waals surface area contributed by atoms with Gasteiger partial charge < -0.3 is 25.3 Å². The third-order valence-electron chi connectivity index (χ3n) is 3.89. The molecule has 0 atom stereocenters. The van der Waals surface area contributed by atoms with Gasteiger partial charge in [0.25, 0.3) is 11.8 Å². The molecule has 2 rings (SSSR count). The molecule has 0 unspecified atom stereocenters. The molecule has 0 spiro atoms. The quantitative estimate of drug-likeness (QED) is 0.623. The first-order valence-electron chi connectivity index (χ1n) is 8.59. The minimum atomic E-state index is -0.649. The molecule has 28 heavy (non-hydrogen) atoms. The maximum absolute atomic E-state index is 12.4. The van der Waals surface area contributed by atoms with E-state index < -0.39 is 5.91 Å². The van der Waals surface area contributed by atoms with Crippen LogP contribution in [-0.4, -0.2) is 38.7 Å². The first-order chi connectivity index (χ1) is 13.3. The number of methoxy groups -OCH3 is 1. The summed E-state index contributed by atoms with van der Waals surface area (Å²) < 4.78 is 16.2. The van der Waals surface area contributed by atoms with Crippen molar-refractivity contribution in [2.24, 2.45) is 5.73 Å². The lowest BCUT2D eigenvalue weighted by molar-refractivity contribution is -0.119. The van der Waals surface area contributed by atoms with Crippen molar-refractivity contribution in [2.45, 2.75) is 13.8 Å². The summed E-state index contributed by atoms with van der Waals surface area (Å²) in [5.41, 5.74) is 7.43. The molecule has 0 saturated heterocycles. The van der Waals surface area contributed by atoms with Gasteiger partial charge in [0, 0.05) is 5.56 Å². The highest BCUT2D eigenvalue weighted by molar-refractivity contribution is 6.32. The topological polar surface area (TPSA) is 99.9 Å². The number of nitrogens with two attached hydrogens (primary N) is 1. The predicted octanol–water partition coefficient (Wildman–Crippen LogP) is 2.64. The van der Waals surface area contributed by atoms with Crippen LogP contribution in [0, 0.1) is 13.8 Å². The van der Waals surface area contributed by atoms with Crippen molar-refractivity contribution in [2.75, 3.05) is 26.9 Å². The van der Waals surface area contributed by atoms with E-state index in [1.165, 1.54) is 19.2 Å². The second-order valence-electron chi connectivity index (χ2n) is 6.07. The highest BCUT2D eigenvalue weighted by Crippen LogP contribution is 2.36. The van der Waals surface area contributed by atoms with Gasteiger partial charge in [-0.3, -0.25) is 9.59 Å². The molecule has 0 aliphatic carbocycles. The summed E-state index contributed by atoms with van der Waals surface area (Å²) in [7, 11) is 1.41. The first kappa shape index (κ1) is 21.4. The van der Waals surface area contributed by atoms with E-state index in [1.807, 2.05) is 32.0 Å². The first-order valence-corrected chi connectivity index (χ1v) is 8.97. The van der Waals surface area contributed by atoms with Gasteiger partial charge in [0.15, 0.2) is 18.1 Å². The molecule has 2 aromatic rings. The molecule has 7 nitrogen and oxygen atoms in total. The summed E-state index contributed by atoms with van der Waals surface area (Å²) >= 11 is 6.16. The fourth-order valence-corrected chi connectivity index (χ4v) is 2.85. The van der Waals surface area contributed by atoms with Crippen molar-refractivity contribution in [3.8, 4) is 17.2 Å². The monoisotopic (exact) mass is 406 g/mol. The summed E-state index contributed by atoms with van der Waals surface area (Å²) in [5.74, 6) is 0.205. The van der Waals surface area contributed by atoms with Crippen molar-refractivity contribution >= 4 is 23.4 Å². The van der Waals surface area contributed by atoms with E-state index in [9.17, 15) is 9.59 Å². The number of nitrogens with one attached hydrogen (secondary N) is 1. The Morgan fingerprint density at radius 3 is 2.39 bits per heavy atom. The number of hydrogen-bond donors (Lipinski definition) is 2. The van der Waals surface area contributed by atoms with Crippen LogP contribution in [0.3, 0.4) is 0 Å². The van der Waals surface area contributed by atoms with Crippen LogP contribution in [0.25, 0.3) is 0 Å². The summed E-state index contributed by atoms with van der Waals surface area (Å²) in [5, 5.41) is 2.90. The van der Waals surface area contributed by atoms with Crippen LogP contribution in [-0.2, 0) is 4.79 Å². The largest absolute Gasteiger partial charge is 0.493 e. The smallest absolute Gasteiger partial charge is 0.255 e. The van der Waals surface area contributed by atoms with Gasteiger partial charge in [0.05, 0.1) is 18.7 Å². The lowest BCUT2D eigenvalue weighted by atomic mass is 10.1. The van der Waals surface area contributed by atoms with Crippen molar-refractivity contribution in [1.82, 2.24) is 5.32 Å². The SMILES string of the molecule is COc1cc(C(=O)NCCOc2c(C)cccc2C)cc(Cl)c1OCC(N)=O. The third kappa shape index (κ3) is 5.53. The minimum Gasteiger partial charge on any atom is -0.493 e. The molecule has 0 aliphatic heterocycles.